The lowest BCUT2D eigenvalue weighted by Crippen LogP contribution is -2.11. The Morgan fingerprint density at radius 1 is 1.50 bits per heavy atom. The van der Waals surface area contributed by atoms with Crippen LogP contribution in [0, 0.1) is 0 Å². The molecule has 0 radical (unpaired) electrons. The van der Waals surface area contributed by atoms with Crippen LogP contribution in [-0.2, 0) is 17.8 Å². The standard InChI is InChI=1S/C10H19N3O/c1-11-7-10-8-12-9-13(10)5-3-4-6-14-2/h8-9,11H,3-7H2,1-2H3. The number of hydrogen-bond donors (Lipinski definition) is 1. The lowest BCUT2D eigenvalue weighted by Gasteiger charge is -2.06. The van der Waals surface area contributed by atoms with Crippen molar-refractivity contribution in [2.24, 2.45) is 0 Å². The summed E-state index contributed by atoms with van der Waals surface area (Å²) in [7, 11) is 3.69. The predicted molar refractivity (Wildman–Crippen MR) is 56.1 cm³/mol. The summed E-state index contributed by atoms with van der Waals surface area (Å²) in [6.07, 6.45) is 6.04. The van der Waals surface area contributed by atoms with E-state index in [1.54, 1.807) is 7.11 Å². The van der Waals surface area contributed by atoms with E-state index < -0.39 is 0 Å². The van der Waals surface area contributed by atoms with E-state index in [0.717, 1.165) is 32.5 Å². The Morgan fingerprint density at radius 3 is 3.07 bits per heavy atom. The zero-order valence-electron chi connectivity index (χ0n) is 8.99. The first-order valence-corrected chi connectivity index (χ1v) is 5.01. The Morgan fingerprint density at radius 2 is 2.36 bits per heavy atom. The highest BCUT2D eigenvalue weighted by molar-refractivity contribution is 4.97. The van der Waals surface area contributed by atoms with Crippen LogP contribution in [0.4, 0.5) is 0 Å². The maximum atomic E-state index is 5.00. The average Bonchev–Trinajstić information content (AvgIpc) is 2.61. The molecular formula is C10H19N3O. The van der Waals surface area contributed by atoms with E-state index in [9.17, 15) is 0 Å². The van der Waals surface area contributed by atoms with E-state index in [1.807, 2.05) is 19.6 Å². The minimum absolute atomic E-state index is 0.843. The molecule has 0 fully saturated rings. The van der Waals surface area contributed by atoms with E-state index in [0.29, 0.717) is 0 Å². The van der Waals surface area contributed by atoms with E-state index in [2.05, 4.69) is 14.9 Å². The summed E-state index contributed by atoms with van der Waals surface area (Å²) in [5, 5.41) is 3.13. The van der Waals surface area contributed by atoms with E-state index in [-0.39, 0.29) is 0 Å². The van der Waals surface area contributed by atoms with Gasteiger partial charge in [0.25, 0.3) is 0 Å². The molecule has 0 aliphatic carbocycles. The monoisotopic (exact) mass is 197 g/mol. The van der Waals surface area contributed by atoms with Gasteiger partial charge >= 0.3 is 0 Å². The molecule has 80 valence electrons. The fourth-order valence-corrected chi connectivity index (χ4v) is 1.41. The highest BCUT2D eigenvalue weighted by atomic mass is 16.5. The Hall–Kier alpha value is -0.870. The lowest BCUT2D eigenvalue weighted by molar-refractivity contribution is 0.191. The first-order chi connectivity index (χ1) is 6.88. The van der Waals surface area contributed by atoms with Crippen LogP contribution >= 0.6 is 0 Å². The van der Waals surface area contributed by atoms with Crippen LogP contribution in [0.3, 0.4) is 0 Å². The number of methoxy groups -OCH3 is 1. The molecule has 1 aromatic rings. The molecule has 1 N–H and O–H groups in total. The number of hydrogen-bond acceptors (Lipinski definition) is 3. The van der Waals surface area contributed by atoms with Crippen LogP contribution in [-0.4, -0.2) is 30.3 Å². The van der Waals surface area contributed by atoms with Crippen molar-refractivity contribution in [1.29, 1.82) is 0 Å². The SMILES string of the molecule is CNCc1cncn1CCCCOC. The van der Waals surface area contributed by atoms with Gasteiger partial charge in [-0.05, 0) is 19.9 Å². The van der Waals surface area contributed by atoms with Crippen molar-refractivity contribution in [3.05, 3.63) is 18.2 Å². The number of unbranched alkanes of at least 4 members (excludes halogenated alkanes) is 1. The number of rotatable bonds is 7. The second-order valence-corrected chi connectivity index (χ2v) is 3.31. The summed E-state index contributed by atoms with van der Waals surface area (Å²) < 4.78 is 7.19. The summed E-state index contributed by atoms with van der Waals surface area (Å²) in [6.45, 7) is 2.75. The van der Waals surface area contributed by atoms with Gasteiger partial charge in [-0.25, -0.2) is 4.98 Å². The third-order valence-electron chi connectivity index (χ3n) is 2.15. The summed E-state index contributed by atoms with van der Waals surface area (Å²) in [5.74, 6) is 0. The van der Waals surface area contributed by atoms with Gasteiger partial charge < -0.3 is 14.6 Å². The molecule has 0 saturated heterocycles. The molecular weight excluding hydrogens is 178 g/mol. The minimum Gasteiger partial charge on any atom is -0.385 e. The fourth-order valence-electron chi connectivity index (χ4n) is 1.41. The molecule has 4 heteroatoms. The minimum atomic E-state index is 0.843. The van der Waals surface area contributed by atoms with Gasteiger partial charge in [0.1, 0.15) is 0 Å². The molecule has 0 aliphatic heterocycles. The van der Waals surface area contributed by atoms with E-state index in [1.165, 1.54) is 5.69 Å². The average molecular weight is 197 g/mol. The maximum Gasteiger partial charge on any atom is 0.0948 e. The van der Waals surface area contributed by atoms with Crippen molar-refractivity contribution in [2.45, 2.75) is 25.9 Å². The van der Waals surface area contributed by atoms with Gasteiger partial charge in [-0.2, -0.15) is 0 Å². The maximum absolute atomic E-state index is 5.00. The second-order valence-electron chi connectivity index (χ2n) is 3.31. The largest absolute Gasteiger partial charge is 0.385 e. The highest BCUT2D eigenvalue weighted by Gasteiger charge is 1.99. The van der Waals surface area contributed by atoms with Crippen molar-refractivity contribution >= 4 is 0 Å². The van der Waals surface area contributed by atoms with Gasteiger partial charge in [0, 0.05) is 33.0 Å². The Balaban J connectivity index is 2.30. The van der Waals surface area contributed by atoms with Crippen LogP contribution < -0.4 is 5.32 Å². The molecule has 0 spiro atoms. The molecule has 0 bridgehead atoms. The number of aromatic nitrogens is 2. The molecule has 0 aliphatic rings. The molecule has 0 aromatic carbocycles. The Kier molecular flexibility index (Phi) is 5.25. The first kappa shape index (κ1) is 11.2. The van der Waals surface area contributed by atoms with Gasteiger partial charge in [-0.1, -0.05) is 0 Å². The molecule has 0 saturated carbocycles. The molecule has 0 amide bonds. The van der Waals surface area contributed by atoms with Gasteiger partial charge in [0.05, 0.1) is 12.0 Å². The van der Waals surface area contributed by atoms with Gasteiger partial charge in [-0.3, -0.25) is 0 Å². The summed E-state index contributed by atoms with van der Waals surface area (Å²) >= 11 is 0. The Bertz CT molecular complexity index is 247. The molecule has 1 aromatic heterocycles. The van der Waals surface area contributed by atoms with Crippen LogP contribution in [0.15, 0.2) is 12.5 Å². The third kappa shape index (κ3) is 3.47. The number of nitrogens with one attached hydrogen (secondary N) is 1. The molecule has 1 heterocycles. The van der Waals surface area contributed by atoms with Crippen molar-refractivity contribution in [2.75, 3.05) is 20.8 Å². The second kappa shape index (κ2) is 6.56. The van der Waals surface area contributed by atoms with E-state index >= 15 is 0 Å². The topological polar surface area (TPSA) is 39.1 Å². The van der Waals surface area contributed by atoms with Crippen molar-refractivity contribution in [3.8, 4) is 0 Å². The smallest absolute Gasteiger partial charge is 0.0948 e. The fraction of sp³-hybridized carbons (Fsp3) is 0.700. The quantitative estimate of drug-likeness (QED) is 0.664. The van der Waals surface area contributed by atoms with Crippen LogP contribution in [0.2, 0.25) is 0 Å². The number of aryl methyl sites for hydroxylation is 1. The van der Waals surface area contributed by atoms with Crippen LogP contribution in [0.1, 0.15) is 18.5 Å². The summed E-state index contributed by atoms with van der Waals surface area (Å²) in [5.41, 5.74) is 1.24. The molecule has 0 unspecified atom stereocenters. The van der Waals surface area contributed by atoms with Crippen LogP contribution in [0.5, 0.6) is 0 Å². The summed E-state index contributed by atoms with van der Waals surface area (Å²) in [6, 6.07) is 0. The molecule has 1 rings (SSSR count). The number of ether oxygens (including phenoxy) is 1. The normalized spacial score (nSPS) is 10.7. The number of nitrogens with zero attached hydrogens (tertiary/aromatic N) is 2. The van der Waals surface area contributed by atoms with Gasteiger partial charge in [0.15, 0.2) is 0 Å². The highest BCUT2D eigenvalue weighted by Crippen LogP contribution is 2.02. The van der Waals surface area contributed by atoms with Crippen molar-refractivity contribution in [3.63, 3.8) is 0 Å². The lowest BCUT2D eigenvalue weighted by atomic mass is 10.3. The van der Waals surface area contributed by atoms with Gasteiger partial charge in [-0.15, -0.1) is 0 Å². The summed E-state index contributed by atoms with van der Waals surface area (Å²) in [4.78, 5) is 4.13. The van der Waals surface area contributed by atoms with Gasteiger partial charge in [0.2, 0.25) is 0 Å². The van der Waals surface area contributed by atoms with Crippen LogP contribution in [0.25, 0.3) is 0 Å². The van der Waals surface area contributed by atoms with Crippen molar-refractivity contribution < 1.29 is 4.74 Å². The van der Waals surface area contributed by atoms with Crippen molar-refractivity contribution in [1.82, 2.24) is 14.9 Å². The first-order valence-electron chi connectivity index (χ1n) is 5.01. The third-order valence-corrected chi connectivity index (χ3v) is 2.15. The Labute approximate surface area is 85.3 Å². The number of imidazole rings is 1. The molecule has 14 heavy (non-hydrogen) atoms. The molecule has 4 nitrogen and oxygen atoms in total. The predicted octanol–water partition coefficient (Wildman–Crippen LogP) is 1.03. The zero-order valence-corrected chi connectivity index (χ0v) is 8.99. The van der Waals surface area contributed by atoms with E-state index in [4.69, 9.17) is 4.74 Å². The molecule has 0 atom stereocenters. The zero-order chi connectivity index (χ0) is 10.2.